The summed E-state index contributed by atoms with van der Waals surface area (Å²) in [4.78, 5) is 0.228. The molecule has 4 nitrogen and oxygen atoms in total. The van der Waals surface area contributed by atoms with Crippen molar-refractivity contribution in [3.8, 4) is 11.8 Å². The summed E-state index contributed by atoms with van der Waals surface area (Å²) in [7, 11) is -3.59. The monoisotopic (exact) mass is 301 g/mol. The highest BCUT2D eigenvalue weighted by Gasteiger charge is 2.13. The van der Waals surface area contributed by atoms with Gasteiger partial charge in [0.05, 0.1) is 4.90 Å². The third kappa shape index (κ3) is 4.09. The van der Waals surface area contributed by atoms with Crippen LogP contribution in [0, 0.1) is 18.8 Å². The zero-order valence-corrected chi connectivity index (χ0v) is 12.3. The molecule has 0 atom stereocenters. The van der Waals surface area contributed by atoms with Gasteiger partial charge >= 0.3 is 0 Å². The maximum atomic E-state index is 12.2. The van der Waals surface area contributed by atoms with E-state index in [-0.39, 0.29) is 11.5 Å². The molecule has 0 spiro atoms. The molecule has 0 amide bonds. The van der Waals surface area contributed by atoms with E-state index in [4.69, 9.17) is 5.11 Å². The molecule has 21 heavy (non-hydrogen) atoms. The summed E-state index contributed by atoms with van der Waals surface area (Å²) in [6, 6.07) is 13.4. The first-order chi connectivity index (χ1) is 10.0. The van der Waals surface area contributed by atoms with Crippen molar-refractivity contribution in [1.82, 2.24) is 0 Å². The average molecular weight is 301 g/mol. The van der Waals surface area contributed by atoms with Gasteiger partial charge in [-0.3, -0.25) is 4.72 Å². The van der Waals surface area contributed by atoms with Crippen LogP contribution in [0.3, 0.4) is 0 Å². The molecule has 0 radical (unpaired) electrons. The summed E-state index contributed by atoms with van der Waals surface area (Å²) >= 11 is 0. The number of sulfonamides is 1. The number of aryl methyl sites for hydroxylation is 1. The largest absolute Gasteiger partial charge is 0.384 e. The molecule has 0 aromatic heterocycles. The summed E-state index contributed by atoms with van der Waals surface area (Å²) in [6.45, 7) is 1.63. The van der Waals surface area contributed by atoms with Gasteiger partial charge in [0, 0.05) is 11.3 Å². The molecule has 0 bridgehead atoms. The highest BCUT2D eigenvalue weighted by molar-refractivity contribution is 7.92. The van der Waals surface area contributed by atoms with Gasteiger partial charge in [0.15, 0.2) is 0 Å². The van der Waals surface area contributed by atoms with Crippen molar-refractivity contribution in [2.75, 3.05) is 11.3 Å². The van der Waals surface area contributed by atoms with Crippen LogP contribution in [0.15, 0.2) is 53.4 Å². The quantitative estimate of drug-likeness (QED) is 0.854. The third-order valence-corrected chi connectivity index (χ3v) is 4.13. The zero-order valence-electron chi connectivity index (χ0n) is 11.5. The van der Waals surface area contributed by atoms with E-state index in [2.05, 4.69) is 16.6 Å². The van der Waals surface area contributed by atoms with E-state index in [1.54, 1.807) is 42.5 Å². The molecule has 0 heterocycles. The van der Waals surface area contributed by atoms with E-state index >= 15 is 0 Å². The predicted octanol–water partition coefficient (Wildman–Crippen LogP) is 2.14. The number of aliphatic hydroxyl groups is 1. The minimum atomic E-state index is -3.59. The second-order valence-electron chi connectivity index (χ2n) is 4.46. The van der Waals surface area contributed by atoms with E-state index in [0.29, 0.717) is 11.3 Å². The van der Waals surface area contributed by atoms with Crippen molar-refractivity contribution < 1.29 is 13.5 Å². The van der Waals surface area contributed by atoms with Crippen molar-refractivity contribution in [2.45, 2.75) is 11.8 Å². The molecule has 0 saturated heterocycles. The Balaban J connectivity index is 2.21. The van der Waals surface area contributed by atoms with Gasteiger partial charge in [-0.2, -0.15) is 0 Å². The topological polar surface area (TPSA) is 66.4 Å². The van der Waals surface area contributed by atoms with Gasteiger partial charge < -0.3 is 5.11 Å². The zero-order chi connectivity index (χ0) is 15.3. The first-order valence-electron chi connectivity index (χ1n) is 6.30. The Morgan fingerprint density at radius 1 is 1.14 bits per heavy atom. The molecule has 0 aliphatic rings. The fourth-order valence-electron chi connectivity index (χ4n) is 1.76. The summed E-state index contributed by atoms with van der Waals surface area (Å²) < 4.78 is 27.0. The van der Waals surface area contributed by atoms with Crippen molar-refractivity contribution in [3.63, 3.8) is 0 Å². The number of hydrogen-bond acceptors (Lipinski definition) is 3. The summed E-state index contributed by atoms with van der Waals surface area (Å²) in [6.07, 6.45) is 0. The molecular weight excluding hydrogens is 286 g/mol. The Morgan fingerprint density at radius 2 is 1.86 bits per heavy atom. The van der Waals surface area contributed by atoms with Gasteiger partial charge in [-0.25, -0.2) is 8.42 Å². The van der Waals surface area contributed by atoms with Crippen LogP contribution in [-0.4, -0.2) is 20.1 Å². The van der Waals surface area contributed by atoms with Crippen LogP contribution in [0.1, 0.15) is 11.1 Å². The Hall–Kier alpha value is -2.29. The first kappa shape index (κ1) is 15.1. The van der Waals surface area contributed by atoms with E-state index in [9.17, 15) is 8.42 Å². The molecule has 2 aromatic rings. The summed E-state index contributed by atoms with van der Waals surface area (Å²) in [5.74, 6) is 5.28. The van der Waals surface area contributed by atoms with Crippen LogP contribution in [0.2, 0.25) is 0 Å². The highest BCUT2D eigenvalue weighted by atomic mass is 32.2. The summed E-state index contributed by atoms with van der Waals surface area (Å²) in [5.41, 5.74) is 2.06. The Kier molecular flexibility index (Phi) is 4.63. The minimum Gasteiger partial charge on any atom is -0.384 e. The second-order valence-corrected chi connectivity index (χ2v) is 6.14. The van der Waals surface area contributed by atoms with E-state index in [0.717, 1.165) is 5.56 Å². The maximum Gasteiger partial charge on any atom is 0.261 e. The van der Waals surface area contributed by atoms with Gasteiger partial charge in [0.1, 0.15) is 6.61 Å². The molecule has 0 aliphatic carbocycles. The average Bonchev–Trinajstić information content (AvgIpc) is 2.46. The van der Waals surface area contributed by atoms with Crippen LogP contribution >= 0.6 is 0 Å². The lowest BCUT2D eigenvalue weighted by atomic mass is 10.2. The van der Waals surface area contributed by atoms with Crippen LogP contribution in [0.5, 0.6) is 0 Å². The highest BCUT2D eigenvalue weighted by Crippen LogP contribution is 2.17. The van der Waals surface area contributed by atoms with Crippen LogP contribution in [0.25, 0.3) is 0 Å². The molecule has 0 fully saturated rings. The molecule has 0 unspecified atom stereocenters. The minimum absolute atomic E-state index is 0.207. The maximum absolute atomic E-state index is 12.2. The predicted molar refractivity (Wildman–Crippen MR) is 82.4 cm³/mol. The number of anilines is 1. The molecule has 0 aliphatic heterocycles. The van der Waals surface area contributed by atoms with Crippen LogP contribution in [-0.2, 0) is 10.0 Å². The molecule has 2 N–H and O–H groups in total. The lowest BCUT2D eigenvalue weighted by Gasteiger charge is -2.08. The van der Waals surface area contributed by atoms with Crippen molar-refractivity contribution in [3.05, 3.63) is 59.7 Å². The van der Waals surface area contributed by atoms with E-state index in [1.807, 2.05) is 13.0 Å². The number of benzene rings is 2. The van der Waals surface area contributed by atoms with Crippen molar-refractivity contribution >= 4 is 15.7 Å². The fourth-order valence-corrected chi connectivity index (χ4v) is 2.92. The number of hydrogen-bond donors (Lipinski definition) is 2. The lowest BCUT2D eigenvalue weighted by Crippen LogP contribution is -2.12. The van der Waals surface area contributed by atoms with Crippen LogP contribution < -0.4 is 4.72 Å². The van der Waals surface area contributed by atoms with Gasteiger partial charge in [-0.1, -0.05) is 24.0 Å². The number of nitrogens with one attached hydrogen (secondary N) is 1. The van der Waals surface area contributed by atoms with Crippen LogP contribution in [0.4, 0.5) is 5.69 Å². The first-order valence-corrected chi connectivity index (χ1v) is 7.79. The van der Waals surface area contributed by atoms with E-state index in [1.165, 1.54) is 0 Å². The Labute approximate surface area is 124 Å². The van der Waals surface area contributed by atoms with Gasteiger partial charge in [0.25, 0.3) is 10.0 Å². The molecule has 5 heteroatoms. The second kappa shape index (κ2) is 6.44. The SMILES string of the molecule is Cc1cccc(S(=O)(=O)Nc2ccc(C#CCO)cc2)c1. The van der Waals surface area contributed by atoms with Crippen molar-refractivity contribution in [1.29, 1.82) is 0 Å². The van der Waals surface area contributed by atoms with Gasteiger partial charge in [-0.15, -0.1) is 0 Å². The molecule has 2 rings (SSSR count). The Morgan fingerprint density at radius 3 is 2.48 bits per heavy atom. The number of aliphatic hydroxyl groups excluding tert-OH is 1. The fraction of sp³-hybridized carbons (Fsp3) is 0.125. The molecule has 108 valence electrons. The lowest BCUT2D eigenvalue weighted by molar-refractivity contribution is 0.350. The summed E-state index contributed by atoms with van der Waals surface area (Å²) in [5, 5.41) is 8.62. The van der Waals surface area contributed by atoms with Crippen molar-refractivity contribution in [2.24, 2.45) is 0 Å². The third-order valence-electron chi connectivity index (χ3n) is 2.75. The molecule has 2 aromatic carbocycles. The van der Waals surface area contributed by atoms with Gasteiger partial charge in [-0.05, 0) is 48.9 Å². The van der Waals surface area contributed by atoms with E-state index < -0.39 is 10.0 Å². The Bertz CT molecular complexity index is 784. The smallest absolute Gasteiger partial charge is 0.261 e. The molecule has 0 saturated carbocycles. The number of rotatable bonds is 3. The van der Waals surface area contributed by atoms with Gasteiger partial charge in [0.2, 0.25) is 0 Å². The normalized spacial score (nSPS) is 10.6. The standard InChI is InChI=1S/C16H15NO3S/c1-13-4-2-6-16(12-13)21(19,20)17-15-9-7-14(8-10-15)5-3-11-18/h2,4,6-10,12,17-18H,11H2,1H3. The molecular formula is C16H15NO3S.